The Bertz CT molecular complexity index is 624. The third-order valence-corrected chi connectivity index (χ3v) is 4.66. The van der Waals surface area contributed by atoms with Crippen molar-refractivity contribution < 1.29 is 0 Å². The van der Waals surface area contributed by atoms with Gasteiger partial charge in [0.25, 0.3) is 0 Å². The second-order valence-electron chi connectivity index (χ2n) is 5.01. The van der Waals surface area contributed by atoms with E-state index < -0.39 is 0 Å². The van der Waals surface area contributed by atoms with Gasteiger partial charge in [0.1, 0.15) is 5.15 Å². The molecule has 2 rings (SSSR count). The van der Waals surface area contributed by atoms with E-state index in [1.54, 1.807) is 0 Å². The molecule has 0 saturated heterocycles. The van der Waals surface area contributed by atoms with Crippen molar-refractivity contribution in [3.05, 3.63) is 43.7 Å². The molecule has 1 aromatic carbocycles. The first kappa shape index (κ1) is 14.7. The first-order valence-electron chi connectivity index (χ1n) is 6.20. The van der Waals surface area contributed by atoms with E-state index in [1.165, 1.54) is 11.1 Å². The molecule has 0 N–H and O–H groups in total. The highest BCUT2D eigenvalue weighted by Gasteiger charge is 2.15. The SMILES string of the molecule is Cc1ccc(-c2nc(Cl)c(I)c(C(C)C)n2)c(C)c1. The van der Waals surface area contributed by atoms with Crippen LogP contribution in [-0.4, -0.2) is 9.97 Å². The molecule has 0 fully saturated rings. The highest BCUT2D eigenvalue weighted by molar-refractivity contribution is 14.1. The van der Waals surface area contributed by atoms with Crippen molar-refractivity contribution in [2.75, 3.05) is 0 Å². The van der Waals surface area contributed by atoms with Crippen LogP contribution < -0.4 is 0 Å². The van der Waals surface area contributed by atoms with Crippen LogP contribution >= 0.6 is 34.2 Å². The molecule has 4 heteroatoms. The number of hydrogen-bond donors (Lipinski definition) is 0. The van der Waals surface area contributed by atoms with Gasteiger partial charge in [0.15, 0.2) is 5.82 Å². The Morgan fingerprint density at radius 2 is 1.84 bits per heavy atom. The molecule has 0 bridgehead atoms. The van der Waals surface area contributed by atoms with E-state index in [1.807, 2.05) is 0 Å². The summed E-state index contributed by atoms with van der Waals surface area (Å²) >= 11 is 8.45. The highest BCUT2D eigenvalue weighted by atomic mass is 127. The molecule has 0 aliphatic carbocycles. The molecular weight excluding hydrogens is 371 g/mol. The first-order chi connectivity index (χ1) is 8.90. The number of nitrogens with zero attached hydrogens (tertiary/aromatic N) is 2. The molecule has 1 heterocycles. The van der Waals surface area contributed by atoms with Gasteiger partial charge in [0.2, 0.25) is 0 Å². The summed E-state index contributed by atoms with van der Waals surface area (Å²) in [6.07, 6.45) is 0. The Kier molecular flexibility index (Phi) is 4.46. The molecule has 19 heavy (non-hydrogen) atoms. The third-order valence-electron chi connectivity index (χ3n) is 3.01. The molecule has 0 amide bonds. The van der Waals surface area contributed by atoms with E-state index in [2.05, 4.69) is 73.5 Å². The van der Waals surface area contributed by atoms with Gasteiger partial charge in [-0.15, -0.1) is 0 Å². The van der Waals surface area contributed by atoms with Gasteiger partial charge >= 0.3 is 0 Å². The number of aryl methyl sites for hydroxylation is 2. The quantitative estimate of drug-likeness (QED) is 0.527. The van der Waals surface area contributed by atoms with E-state index in [0.717, 1.165) is 14.8 Å². The molecule has 0 saturated carbocycles. The zero-order valence-electron chi connectivity index (χ0n) is 11.5. The monoisotopic (exact) mass is 386 g/mol. The molecule has 0 aliphatic heterocycles. The van der Waals surface area contributed by atoms with Crippen LogP contribution in [0.3, 0.4) is 0 Å². The molecule has 2 aromatic rings. The summed E-state index contributed by atoms with van der Waals surface area (Å²) < 4.78 is 0.947. The van der Waals surface area contributed by atoms with Crippen LogP contribution in [0.15, 0.2) is 18.2 Å². The topological polar surface area (TPSA) is 25.8 Å². The summed E-state index contributed by atoms with van der Waals surface area (Å²) in [4.78, 5) is 9.11. The molecule has 0 atom stereocenters. The van der Waals surface area contributed by atoms with Gasteiger partial charge < -0.3 is 0 Å². The zero-order valence-corrected chi connectivity index (χ0v) is 14.4. The number of halogens is 2. The smallest absolute Gasteiger partial charge is 0.161 e. The molecule has 0 spiro atoms. The average Bonchev–Trinajstić information content (AvgIpc) is 2.32. The summed E-state index contributed by atoms with van der Waals surface area (Å²) in [5.74, 6) is 1.04. The first-order valence-corrected chi connectivity index (χ1v) is 7.66. The summed E-state index contributed by atoms with van der Waals surface area (Å²) in [7, 11) is 0. The van der Waals surface area contributed by atoms with Crippen molar-refractivity contribution >= 4 is 34.2 Å². The normalized spacial score (nSPS) is 11.1. The van der Waals surface area contributed by atoms with Crippen LogP contribution in [0.1, 0.15) is 36.6 Å². The van der Waals surface area contributed by atoms with Gasteiger partial charge in [-0.1, -0.05) is 49.2 Å². The van der Waals surface area contributed by atoms with E-state index in [9.17, 15) is 0 Å². The molecule has 0 aliphatic rings. The van der Waals surface area contributed by atoms with Crippen molar-refractivity contribution in [2.24, 2.45) is 0 Å². The van der Waals surface area contributed by atoms with E-state index in [-0.39, 0.29) is 0 Å². The minimum absolute atomic E-state index is 0.330. The lowest BCUT2D eigenvalue weighted by Gasteiger charge is -2.12. The predicted octanol–water partition coefficient (Wildman–Crippen LogP) is 5.14. The standard InChI is InChI=1S/C15H16ClIN2/c1-8(2)13-12(17)14(16)19-15(18-13)11-6-5-9(3)7-10(11)4/h5-8H,1-4H3. The Hall–Kier alpha value is -0.680. The highest BCUT2D eigenvalue weighted by Crippen LogP contribution is 2.29. The van der Waals surface area contributed by atoms with Gasteiger partial charge in [-0.05, 0) is 47.9 Å². The van der Waals surface area contributed by atoms with E-state index in [0.29, 0.717) is 16.9 Å². The van der Waals surface area contributed by atoms with Crippen molar-refractivity contribution in [2.45, 2.75) is 33.6 Å². The van der Waals surface area contributed by atoms with Gasteiger partial charge in [-0.25, -0.2) is 9.97 Å². The Balaban J connectivity index is 2.63. The number of benzene rings is 1. The number of rotatable bonds is 2. The van der Waals surface area contributed by atoms with Crippen LogP contribution in [0.25, 0.3) is 11.4 Å². The zero-order chi connectivity index (χ0) is 14.2. The van der Waals surface area contributed by atoms with E-state index >= 15 is 0 Å². The fraction of sp³-hybridized carbons (Fsp3) is 0.333. The largest absolute Gasteiger partial charge is 0.232 e. The van der Waals surface area contributed by atoms with Crippen LogP contribution in [0, 0.1) is 17.4 Å². The molecular formula is C15H16ClIN2. The summed E-state index contributed by atoms with van der Waals surface area (Å²) in [6.45, 7) is 8.39. The maximum Gasteiger partial charge on any atom is 0.161 e. The Morgan fingerprint density at radius 3 is 2.42 bits per heavy atom. The number of aromatic nitrogens is 2. The van der Waals surface area contributed by atoms with Crippen LogP contribution in [-0.2, 0) is 0 Å². The van der Waals surface area contributed by atoms with Crippen molar-refractivity contribution in [1.29, 1.82) is 0 Å². The Morgan fingerprint density at radius 1 is 1.16 bits per heavy atom. The van der Waals surface area contributed by atoms with Crippen molar-refractivity contribution in [1.82, 2.24) is 9.97 Å². The van der Waals surface area contributed by atoms with Crippen molar-refractivity contribution in [3.63, 3.8) is 0 Å². The van der Waals surface area contributed by atoms with Gasteiger partial charge in [-0.3, -0.25) is 0 Å². The fourth-order valence-corrected chi connectivity index (χ4v) is 3.04. The average molecular weight is 387 g/mol. The second kappa shape index (κ2) is 5.75. The van der Waals surface area contributed by atoms with Crippen LogP contribution in [0.2, 0.25) is 5.15 Å². The molecule has 100 valence electrons. The van der Waals surface area contributed by atoms with Gasteiger partial charge in [0, 0.05) is 5.56 Å². The van der Waals surface area contributed by atoms with Gasteiger partial charge in [-0.2, -0.15) is 0 Å². The van der Waals surface area contributed by atoms with E-state index in [4.69, 9.17) is 16.6 Å². The maximum atomic E-state index is 6.24. The van der Waals surface area contributed by atoms with Crippen LogP contribution in [0.5, 0.6) is 0 Å². The predicted molar refractivity (Wildman–Crippen MR) is 88.8 cm³/mol. The lowest BCUT2D eigenvalue weighted by atomic mass is 10.0. The lowest BCUT2D eigenvalue weighted by molar-refractivity contribution is 0.808. The fourth-order valence-electron chi connectivity index (χ4n) is 2.00. The summed E-state index contributed by atoms with van der Waals surface area (Å²) in [5.41, 5.74) is 4.47. The number of hydrogen-bond acceptors (Lipinski definition) is 2. The molecule has 0 radical (unpaired) electrons. The van der Waals surface area contributed by atoms with Gasteiger partial charge in [0.05, 0.1) is 9.26 Å². The van der Waals surface area contributed by atoms with Crippen molar-refractivity contribution in [3.8, 4) is 11.4 Å². The molecule has 2 nitrogen and oxygen atoms in total. The third kappa shape index (κ3) is 3.08. The van der Waals surface area contributed by atoms with Crippen LogP contribution in [0.4, 0.5) is 0 Å². The lowest BCUT2D eigenvalue weighted by Crippen LogP contribution is -2.03. The summed E-state index contributed by atoms with van der Waals surface area (Å²) in [6, 6.07) is 6.28. The summed E-state index contributed by atoms with van der Waals surface area (Å²) in [5, 5.41) is 0.536. The minimum atomic E-state index is 0.330. The second-order valence-corrected chi connectivity index (χ2v) is 6.45. The maximum absolute atomic E-state index is 6.24. The molecule has 0 unspecified atom stereocenters. The molecule has 1 aromatic heterocycles. The minimum Gasteiger partial charge on any atom is -0.232 e. The Labute approximate surface area is 132 Å².